The Labute approximate surface area is 174 Å². The van der Waals surface area contributed by atoms with E-state index >= 15 is 0 Å². The van der Waals surface area contributed by atoms with Crippen molar-refractivity contribution in [2.24, 2.45) is 0 Å². The number of amides is 1. The molecule has 7 heteroatoms. The first-order valence-corrected chi connectivity index (χ1v) is 10.6. The van der Waals surface area contributed by atoms with Gasteiger partial charge in [-0.05, 0) is 64.3 Å². The normalized spacial score (nSPS) is 28.0. The van der Waals surface area contributed by atoms with Crippen LogP contribution < -0.4 is 4.90 Å². The number of fused-ring (bicyclic) bond motifs is 2. The van der Waals surface area contributed by atoms with Gasteiger partial charge in [-0.1, -0.05) is 15.9 Å². The fraction of sp³-hybridized carbons (Fsp3) is 0.667. The zero-order valence-corrected chi connectivity index (χ0v) is 18.5. The molecule has 2 spiro atoms. The number of hydrogen-bond acceptors (Lipinski definition) is 5. The molecular weight excluding hydrogens is 426 g/mol. The van der Waals surface area contributed by atoms with Gasteiger partial charge in [0, 0.05) is 22.7 Å². The summed E-state index contributed by atoms with van der Waals surface area (Å²) in [6.45, 7) is 8.41. The summed E-state index contributed by atoms with van der Waals surface area (Å²) < 4.78 is 18.3. The molecule has 1 atom stereocenters. The molecule has 3 aliphatic rings. The Kier molecular flexibility index (Phi) is 4.62. The van der Waals surface area contributed by atoms with E-state index in [-0.39, 0.29) is 0 Å². The minimum absolute atomic E-state index is 0.536. The molecule has 1 aromatic carbocycles. The highest BCUT2D eigenvalue weighted by atomic mass is 79.9. The number of ether oxygens (including phenoxy) is 3. The van der Waals surface area contributed by atoms with Crippen molar-refractivity contribution in [2.45, 2.75) is 75.9 Å². The van der Waals surface area contributed by atoms with E-state index in [4.69, 9.17) is 14.2 Å². The monoisotopic (exact) mass is 453 g/mol. The van der Waals surface area contributed by atoms with Gasteiger partial charge in [0.25, 0.3) is 0 Å². The van der Waals surface area contributed by atoms with Gasteiger partial charge in [0.05, 0.1) is 18.9 Å². The van der Waals surface area contributed by atoms with Gasteiger partial charge in [-0.3, -0.25) is 0 Å². The van der Waals surface area contributed by atoms with Gasteiger partial charge in [-0.25, -0.2) is 9.69 Å². The van der Waals surface area contributed by atoms with Crippen molar-refractivity contribution in [1.82, 2.24) is 0 Å². The number of hydrogen-bond donors (Lipinski definition) is 1. The number of carbonyl (C=O) groups is 1. The Morgan fingerprint density at radius 1 is 1.18 bits per heavy atom. The van der Waals surface area contributed by atoms with Crippen LogP contribution >= 0.6 is 15.9 Å². The van der Waals surface area contributed by atoms with Crippen molar-refractivity contribution < 1.29 is 24.1 Å². The van der Waals surface area contributed by atoms with Crippen molar-refractivity contribution in [1.29, 1.82) is 0 Å². The number of rotatable bonds is 0. The molecule has 1 amide bonds. The summed E-state index contributed by atoms with van der Waals surface area (Å²) in [4.78, 5) is 14.5. The molecule has 2 heterocycles. The van der Waals surface area contributed by atoms with Gasteiger partial charge in [0.2, 0.25) is 0 Å². The summed E-state index contributed by atoms with van der Waals surface area (Å²) in [6.07, 6.45) is 2.13. The van der Waals surface area contributed by atoms with Gasteiger partial charge in [0.1, 0.15) is 5.60 Å². The van der Waals surface area contributed by atoms with Gasteiger partial charge in [-0.2, -0.15) is 0 Å². The molecule has 0 bridgehead atoms. The van der Waals surface area contributed by atoms with Crippen LogP contribution in [0.1, 0.15) is 58.9 Å². The quantitative estimate of drug-likeness (QED) is 0.627. The Balaban J connectivity index is 1.76. The lowest BCUT2D eigenvalue weighted by Crippen LogP contribution is -2.61. The number of nitrogens with zero attached hydrogens (tertiary/aromatic N) is 1. The minimum atomic E-state index is -1.42. The molecule has 2 aliphatic heterocycles. The van der Waals surface area contributed by atoms with Gasteiger partial charge >= 0.3 is 6.09 Å². The average molecular weight is 454 g/mol. The standard InChI is InChI=1S/C21H28BrNO5/c1-18(2,3)28-17(24)23-16-6-5-14(22)13-15(16)20(19(23,4)25)7-9-21(10-8-20)26-11-12-27-21/h5-6,13,25H,7-12H2,1-4H3. The molecule has 2 fully saturated rings. The van der Waals surface area contributed by atoms with E-state index in [1.807, 2.05) is 39.0 Å². The number of benzene rings is 1. The first kappa shape index (κ1) is 20.1. The molecule has 6 nitrogen and oxygen atoms in total. The van der Waals surface area contributed by atoms with Crippen LogP contribution in [0.3, 0.4) is 0 Å². The summed E-state index contributed by atoms with van der Waals surface area (Å²) >= 11 is 3.55. The summed E-state index contributed by atoms with van der Waals surface area (Å²) in [5.41, 5.74) is -1.01. The molecular formula is C21H28BrNO5. The van der Waals surface area contributed by atoms with Crippen molar-refractivity contribution in [2.75, 3.05) is 18.1 Å². The highest BCUT2D eigenvalue weighted by Gasteiger charge is 2.64. The molecule has 28 heavy (non-hydrogen) atoms. The third-order valence-corrected chi connectivity index (χ3v) is 6.81. The molecule has 1 aromatic rings. The zero-order chi connectivity index (χ0) is 20.4. The second-order valence-electron chi connectivity index (χ2n) is 9.19. The maximum atomic E-state index is 13.1. The highest BCUT2D eigenvalue weighted by Crippen LogP contribution is 2.60. The molecule has 0 radical (unpaired) electrons. The first-order valence-electron chi connectivity index (χ1n) is 9.83. The molecule has 1 saturated carbocycles. The second-order valence-corrected chi connectivity index (χ2v) is 10.1. The fourth-order valence-corrected chi connectivity index (χ4v) is 5.32. The van der Waals surface area contributed by atoms with Crippen molar-refractivity contribution >= 4 is 27.7 Å². The van der Waals surface area contributed by atoms with Gasteiger partial charge < -0.3 is 19.3 Å². The largest absolute Gasteiger partial charge is 0.443 e. The Hall–Kier alpha value is -1.15. The lowest BCUT2D eigenvalue weighted by molar-refractivity contribution is -0.196. The highest BCUT2D eigenvalue weighted by molar-refractivity contribution is 9.10. The summed E-state index contributed by atoms with van der Waals surface area (Å²) in [7, 11) is 0. The number of anilines is 1. The van der Waals surface area contributed by atoms with Gasteiger partial charge in [0.15, 0.2) is 11.5 Å². The minimum Gasteiger partial charge on any atom is -0.443 e. The maximum Gasteiger partial charge on any atom is 0.417 e. The first-order chi connectivity index (χ1) is 13.0. The smallest absolute Gasteiger partial charge is 0.417 e. The van der Waals surface area contributed by atoms with Crippen LogP contribution in [0, 0.1) is 0 Å². The topological polar surface area (TPSA) is 68.2 Å². The van der Waals surface area contributed by atoms with E-state index in [9.17, 15) is 9.90 Å². The van der Waals surface area contributed by atoms with Crippen molar-refractivity contribution in [3.05, 3.63) is 28.2 Å². The number of aliphatic hydroxyl groups is 1. The van der Waals surface area contributed by atoms with Crippen molar-refractivity contribution in [3.8, 4) is 0 Å². The lowest BCUT2D eigenvalue weighted by Gasteiger charge is -2.49. The predicted molar refractivity (Wildman–Crippen MR) is 108 cm³/mol. The van der Waals surface area contributed by atoms with E-state index in [1.54, 1.807) is 6.92 Å². The third kappa shape index (κ3) is 2.98. The van der Waals surface area contributed by atoms with Crippen LogP contribution in [-0.4, -0.2) is 41.5 Å². The predicted octanol–water partition coefficient (Wildman–Crippen LogP) is 4.47. The van der Waals surface area contributed by atoms with E-state index in [1.165, 1.54) is 4.90 Å². The van der Waals surface area contributed by atoms with E-state index in [2.05, 4.69) is 15.9 Å². The summed E-state index contributed by atoms with van der Waals surface area (Å²) in [5.74, 6) is -0.549. The third-order valence-electron chi connectivity index (χ3n) is 6.31. The Morgan fingerprint density at radius 2 is 1.79 bits per heavy atom. The maximum absolute atomic E-state index is 13.1. The van der Waals surface area contributed by atoms with Crippen LogP contribution in [0.25, 0.3) is 0 Å². The van der Waals surface area contributed by atoms with Crippen LogP contribution in [-0.2, 0) is 19.6 Å². The molecule has 1 unspecified atom stereocenters. The molecule has 1 aliphatic carbocycles. The van der Waals surface area contributed by atoms with Crippen LogP contribution in [0.5, 0.6) is 0 Å². The van der Waals surface area contributed by atoms with Crippen LogP contribution in [0.15, 0.2) is 22.7 Å². The van der Waals surface area contributed by atoms with E-state index in [0.29, 0.717) is 44.6 Å². The van der Waals surface area contributed by atoms with E-state index < -0.39 is 28.6 Å². The molecule has 4 rings (SSSR count). The number of carbonyl (C=O) groups excluding carboxylic acids is 1. The SMILES string of the molecule is CC(C)(C)OC(=O)N1c2ccc(Br)cc2C2(CCC3(CC2)OCCO3)C1(C)O. The van der Waals surface area contributed by atoms with Gasteiger partial charge in [-0.15, -0.1) is 0 Å². The molecule has 1 saturated heterocycles. The lowest BCUT2D eigenvalue weighted by atomic mass is 9.63. The van der Waals surface area contributed by atoms with E-state index in [0.717, 1.165) is 10.0 Å². The van der Waals surface area contributed by atoms with Crippen LogP contribution in [0.4, 0.5) is 10.5 Å². The number of halogens is 1. The Bertz CT molecular complexity index is 784. The second kappa shape index (κ2) is 6.42. The molecule has 154 valence electrons. The zero-order valence-electron chi connectivity index (χ0n) is 16.9. The fourth-order valence-electron chi connectivity index (χ4n) is 4.96. The average Bonchev–Trinajstić information content (AvgIpc) is 3.09. The summed E-state index contributed by atoms with van der Waals surface area (Å²) in [6, 6.07) is 5.78. The molecule has 1 N–H and O–H groups in total. The Morgan fingerprint density at radius 3 is 2.36 bits per heavy atom. The molecule has 0 aromatic heterocycles. The van der Waals surface area contributed by atoms with Crippen LogP contribution in [0.2, 0.25) is 0 Å². The van der Waals surface area contributed by atoms with Crippen molar-refractivity contribution in [3.63, 3.8) is 0 Å². The summed E-state index contributed by atoms with van der Waals surface area (Å²) in [5, 5.41) is 11.8.